The van der Waals surface area contributed by atoms with Gasteiger partial charge in [0, 0.05) is 17.0 Å². The third-order valence-electron chi connectivity index (χ3n) is 1.96. The number of nitrogens with one attached hydrogen (secondary N) is 1. The van der Waals surface area contributed by atoms with E-state index in [1.807, 2.05) is 0 Å². The van der Waals surface area contributed by atoms with Crippen LogP contribution < -0.4 is 5.32 Å². The van der Waals surface area contributed by atoms with Crippen LogP contribution in [0.15, 0.2) is 0 Å². The number of rotatable bonds is 2. The average Bonchev–Trinajstić information content (AvgIpc) is 1.97. The highest BCUT2D eigenvalue weighted by Crippen LogP contribution is 2.26. The molecule has 0 amide bonds. The first kappa shape index (κ1) is 10.0. The van der Waals surface area contributed by atoms with E-state index in [1.165, 1.54) is 6.42 Å². The molecule has 0 saturated carbocycles. The van der Waals surface area contributed by atoms with Crippen molar-refractivity contribution in [3.8, 4) is 0 Å². The van der Waals surface area contributed by atoms with Crippen molar-refractivity contribution >= 4 is 34.2 Å². The largest absolute Gasteiger partial charge is 0.384 e. The Morgan fingerprint density at radius 1 is 1.73 bits per heavy atom. The van der Waals surface area contributed by atoms with Crippen molar-refractivity contribution in [2.24, 2.45) is 5.92 Å². The molecule has 66 valence electrons. The summed E-state index contributed by atoms with van der Waals surface area (Å²) < 4.78 is 5.74. The molecule has 1 fully saturated rings. The molecule has 4 heteroatoms. The van der Waals surface area contributed by atoms with Gasteiger partial charge in [0.2, 0.25) is 0 Å². The first-order valence-corrected chi connectivity index (χ1v) is 5.44. The molecule has 1 heterocycles. The summed E-state index contributed by atoms with van der Waals surface area (Å²) >= 11 is 8.51. The molecular weight excluding hydrogens is 276 g/mol. The van der Waals surface area contributed by atoms with Crippen molar-refractivity contribution in [2.75, 3.05) is 20.3 Å². The van der Waals surface area contributed by atoms with Crippen LogP contribution in [0.3, 0.4) is 0 Å². The molecule has 0 aliphatic carbocycles. The first-order chi connectivity index (χ1) is 5.25. The maximum atomic E-state index is 6.06. The second kappa shape index (κ2) is 4.84. The van der Waals surface area contributed by atoms with Gasteiger partial charge in [-0.25, -0.2) is 0 Å². The molecule has 0 aromatic rings. The van der Waals surface area contributed by atoms with Gasteiger partial charge in [0.25, 0.3) is 0 Å². The molecule has 1 aliphatic heterocycles. The number of halogens is 2. The summed E-state index contributed by atoms with van der Waals surface area (Å²) in [6, 6.07) is 0. The van der Waals surface area contributed by atoms with Gasteiger partial charge in [0.1, 0.15) is 0 Å². The number of hydrogen-bond donors (Lipinski definition) is 1. The Hall–Kier alpha value is 0.940. The SMILES string of the molecule is COCC1C(I)CCNC1Cl. The average molecular weight is 290 g/mol. The van der Waals surface area contributed by atoms with E-state index >= 15 is 0 Å². The quantitative estimate of drug-likeness (QED) is 0.474. The zero-order valence-corrected chi connectivity index (χ0v) is 9.43. The Morgan fingerprint density at radius 2 is 2.45 bits per heavy atom. The molecule has 1 aliphatic rings. The van der Waals surface area contributed by atoms with Gasteiger partial charge in [-0.15, -0.1) is 11.6 Å². The van der Waals surface area contributed by atoms with Crippen molar-refractivity contribution in [1.82, 2.24) is 5.32 Å². The topological polar surface area (TPSA) is 21.3 Å². The first-order valence-electron chi connectivity index (χ1n) is 3.76. The van der Waals surface area contributed by atoms with Crippen LogP contribution in [0.4, 0.5) is 0 Å². The van der Waals surface area contributed by atoms with Crippen LogP contribution in [0, 0.1) is 5.92 Å². The summed E-state index contributed by atoms with van der Waals surface area (Å²) in [6.45, 7) is 1.79. The van der Waals surface area contributed by atoms with Gasteiger partial charge in [0.05, 0.1) is 12.1 Å². The second-order valence-corrected chi connectivity index (χ2v) is 4.85. The molecule has 3 unspecified atom stereocenters. The maximum absolute atomic E-state index is 6.06. The van der Waals surface area contributed by atoms with Crippen molar-refractivity contribution in [2.45, 2.75) is 15.8 Å². The molecule has 11 heavy (non-hydrogen) atoms. The van der Waals surface area contributed by atoms with Crippen molar-refractivity contribution in [3.63, 3.8) is 0 Å². The molecule has 3 atom stereocenters. The minimum atomic E-state index is 0.0885. The summed E-state index contributed by atoms with van der Waals surface area (Å²) in [6.07, 6.45) is 1.19. The Morgan fingerprint density at radius 3 is 3.00 bits per heavy atom. The van der Waals surface area contributed by atoms with E-state index in [4.69, 9.17) is 16.3 Å². The van der Waals surface area contributed by atoms with E-state index in [0.717, 1.165) is 13.2 Å². The summed E-state index contributed by atoms with van der Waals surface area (Å²) in [7, 11) is 1.72. The van der Waals surface area contributed by atoms with E-state index < -0.39 is 0 Å². The highest BCUT2D eigenvalue weighted by Gasteiger charge is 2.29. The number of alkyl halides is 2. The Balaban J connectivity index is 2.41. The molecular formula is C7H13ClINO. The van der Waals surface area contributed by atoms with Crippen LogP contribution in [0.1, 0.15) is 6.42 Å². The number of hydrogen-bond acceptors (Lipinski definition) is 2. The molecule has 0 aromatic carbocycles. The number of methoxy groups -OCH3 is 1. The van der Waals surface area contributed by atoms with Gasteiger partial charge in [-0.3, -0.25) is 0 Å². The van der Waals surface area contributed by atoms with Crippen molar-refractivity contribution < 1.29 is 4.74 Å². The summed E-state index contributed by atoms with van der Waals surface area (Å²) in [5.41, 5.74) is 0.0885. The van der Waals surface area contributed by atoms with Crippen LogP contribution in [0.25, 0.3) is 0 Å². The van der Waals surface area contributed by atoms with Crippen molar-refractivity contribution in [3.05, 3.63) is 0 Å². The van der Waals surface area contributed by atoms with Gasteiger partial charge in [-0.1, -0.05) is 22.6 Å². The number of ether oxygens (including phenoxy) is 1. The van der Waals surface area contributed by atoms with Crippen molar-refractivity contribution in [1.29, 1.82) is 0 Å². The zero-order chi connectivity index (χ0) is 8.27. The van der Waals surface area contributed by atoms with Crippen LogP contribution in [0.2, 0.25) is 0 Å². The molecule has 1 N–H and O–H groups in total. The Kier molecular flexibility index (Phi) is 4.41. The fourth-order valence-electron chi connectivity index (χ4n) is 1.29. The maximum Gasteiger partial charge on any atom is 0.0886 e. The zero-order valence-electron chi connectivity index (χ0n) is 6.52. The normalized spacial score (nSPS) is 39.0. The summed E-state index contributed by atoms with van der Waals surface area (Å²) in [5, 5.41) is 3.23. The molecule has 0 spiro atoms. The Labute approximate surface area is 86.2 Å². The van der Waals surface area contributed by atoms with Gasteiger partial charge >= 0.3 is 0 Å². The van der Waals surface area contributed by atoms with Gasteiger partial charge in [-0.2, -0.15) is 0 Å². The predicted octanol–water partition coefficient (Wildman–Crippen LogP) is 1.61. The minimum Gasteiger partial charge on any atom is -0.384 e. The molecule has 2 nitrogen and oxygen atoms in total. The molecule has 0 bridgehead atoms. The van der Waals surface area contributed by atoms with Crippen LogP contribution in [-0.4, -0.2) is 29.7 Å². The highest BCUT2D eigenvalue weighted by atomic mass is 127. The van der Waals surface area contributed by atoms with Crippen LogP contribution in [0.5, 0.6) is 0 Å². The molecule has 0 radical (unpaired) electrons. The lowest BCUT2D eigenvalue weighted by atomic mass is 10.0. The lowest BCUT2D eigenvalue weighted by Gasteiger charge is -2.32. The number of piperidine rings is 1. The summed E-state index contributed by atoms with van der Waals surface area (Å²) in [4.78, 5) is 0. The molecule has 1 rings (SSSR count). The molecule has 0 aromatic heterocycles. The van der Waals surface area contributed by atoms with E-state index in [1.54, 1.807) is 7.11 Å². The van der Waals surface area contributed by atoms with E-state index in [0.29, 0.717) is 9.84 Å². The third-order valence-corrected chi connectivity index (χ3v) is 3.98. The fraction of sp³-hybridized carbons (Fsp3) is 1.00. The van der Waals surface area contributed by atoms with Crippen LogP contribution >= 0.6 is 34.2 Å². The lowest BCUT2D eigenvalue weighted by Crippen LogP contribution is -2.45. The summed E-state index contributed by atoms with van der Waals surface area (Å²) in [5.74, 6) is 0.455. The highest BCUT2D eigenvalue weighted by molar-refractivity contribution is 14.1. The third kappa shape index (κ3) is 2.72. The van der Waals surface area contributed by atoms with E-state index in [-0.39, 0.29) is 5.50 Å². The van der Waals surface area contributed by atoms with Gasteiger partial charge in [0.15, 0.2) is 0 Å². The van der Waals surface area contributed by atoms with Gasteiger partial charge < -0.3 is 10.1 Å². The fourth-order valence-corrected chi connectivity index (χ4v) is 2.83. The van der Waals surface area contributed by atoms with E-state index in [2.05, 4.69) is 27.9 Å². The van der Waals surface area contributed by atoms with E-state index in [9.17, 15) is 0 Å². The Bertz CT molecular complexity index is 115. The minimum absolute atomic E-state index is 0.0885. The molecule has 1 saturated heterocycles. The monoisotopic (exact) mass is 289 g/mol. The van der Waals surface area contributed by atoms with Crippen LogP contribution in [-0.2, 0) is 4.74 Å². The predicted molar refractivity (Wildman–Crippen MR) is 55.4 cm³/mol. The van der Waals surface area contributed by atoms with Gasteiger partial charge in [-0.05, 0) is 13.0 Å². The standard InChI is InChI=1S/C7H13ClINO/c1-11-4-5-6(9)2-3-10-7(5)8/h5-7,10H,2-4H2,1H3. The second-order valence-electron chi connectivity index (χ2n) is 2.78. The lowest BCUT2D eigenvalue weighted by molar-refractivity contribution is 0.136. The smallest absolute Gasteiger partial charge is 0.0886 e.